The van der Waals surface area contributed by atoms with Crippen LogP contribution in [0, 0.1) is 0 Å². The van der Waals surface area contributed by atoms with E-state index in [1.54, 1.807) is 41.7 Å². The van der Waals surface area contributed by atoms with Crippen molar-refractivity contribution in [1.29, 1.82) is 0 Å². The number of hydrazine groups is 1. The second kappa shape index (κ2) is 9.67. The normalized spacial score (nSPS) is 12.0. The van der Waals surface area contributed by atoms with E-state index in [9.17, 15) is 9.59 Å². The number of hydrogen-bond donors (Lipinski definition) is 2. The highest BCUT2D eigenvalue weighted by molar-refractivity contribution is 7.13. The number of nitrogens with zero attached hydrogens (tertiary/aromatic N) is 2. The molecule has 0 aliphatic heterocycles. The van der Waals surface area contributed by atoms with Gasteiger partial charge in [-0.3, -0.25) is 9.59 Å². The van der Waals surface area contributed by atoms with Gasteiger partial charge in [0.25, 0.3) is 5.91 Å². The fraction of sp³-hybridized carbons (Fsp3) is 0.217. The molecule has 0 aliphatic carbocycles. The molecule has 0 bridgehead atoms. The van der Waals surface area contributed by atoms with Crippen LogP contribution in [-0.2, 0) is 4.79 Å². The summed E-state index contributed by atoms with van der Waals surface area (Å²) in [6, 6.07) is 18.0. The molecule has 3 rings (SSSR count). The molecule has 1 atom stereocenters. The van der Waals surface area contributed by atoms with Crippen molar-refractivity contribution in [2.45, 2.75) is 13.0 Å². The predicted molar refractivity (Wildman–Crippen MR) is 124 cm³/mol. The Morgan fingerprint density at radius 1 is 1.07 bits per heavy atom. The number of amides is 1. The molecule has 0 saturated carbocycles. The topological polar surface area (TPSA) is 78.7 Å². The van der Waals surface area contributed by atoms with E-state index in [4.69, 9.17) is 5.73 Å². The van der Waals surface area contributed by atoms with Crippen molar-refractivity contribution in [1.82, 2.24) is 10.3 Å². The number of Topliss-reactive ketones (excluding diaryl/α,β-unsaturated/α-hetero) is 1. The van der Waals surface area contributed by atoms with Crippen LogP contribution in [0.5, 0.6) is 0 Å². The zero-order valence-electron chi connectivity index (χ0n) is 17.3. The lowest BCUT2D eigenvalue weighted by Crippen LogP contribution is -2.54. The van der Waals surface area contributed by atoms with Gasteiger partial charge in [-0.05, 0) is 62.3 Å². The Labute approximate surface area is 180 Å². The highest BCUT2D eigenvalue weighted by Crippen LogP contribution is 2.32. The molecule has 156 valence electrons. The number of rotatable bonds is 8. The fourth-order valence-electron chi connectivity index (χ4n) is 3.06. The highest BCUT2D eigenvalue weighted by Gasteiger charge is 2.26. The zero-order chi connectivity index (χ0) is 21.7. The molecule has 1 heterocycles. The van der Waals surface area contributed by atoms with E-state index >= 15 is 0 Å². The second-order valence-electron chi connectivity index (χ2n) is 7.31. The number of nitrogen functional groups attached to an aromatic ring is 1. The molecule has 7 heteroatoms. The summed E-state index contributed by atoms with van der Waals surface area (Å²) in [5.41, 5.74) is 11.8. The van der Waals surface area contributed by atoms with Gasteiger partial charge in [0.1, 0.15) is 5.78 Å². The zero-order valence-corrected chi connectivity index (χ0v) is 18.1. The average Bonchev–Trinajstić information content (AvgIpc) is 3.26. The van der Waals surface area contributed by atoms with Gasteiger partial charge < -0.3 is 10.6 Å². The molecule has 1 unspecified atom stereocenters. The predicted octanol–water partition coefficient (Wildman–Crippen LogP) is 3.67. The van der Waals surface area contributed by atoms with Crippen LogP contribution >= 0.6 is 11.3 Å². The first-order chi connectivity index (χ1) is 14.4. The third-order valence-corrected chi connectivity index (χ3v) is 5.54. The fourth-order valence-corrected chi connectivity index (χ4v) is 3.79. The molecule has 0 fully saturated rings. The lowest BCUT2D eigenvalue weighted by atomic mass is 10.1. The van der Waals surface area contributed by atoms with Crippen molar-refractivity contribution in [3.8, 4) is 10.4 Å². The molecule has 3 N–H and O–H groups in total. The van der Waals surface area contributed by atoms with Crippen LogP contribution in [0.4, 0.5) is 11.4 Å². The number of likely N-dealkylation sites (N-methyl/N-ethyl adjacent to an activating group) is 1. The van der Waals surface area contributed by atoms with Crippen LogP contribution in [0.25, 0.3) is 10.4 Å². The van der Waals surface area contributed by atoms with Crippen LogP contribution in [0.2, 0.25) is 0 Å². The molecule has 0 radical (unpaired) electrons. The first kappa shape index (κ1) is 21.7. The second-order valence-corrected chi connectivity index (χ2v) is 8.26. The Hall–Kier alpha value is -3.00. The van der Waals surface area contributed by atoms with Crippen molar-refractivity contribution < 1.29 is 9.59 Å². The summed E-state index contributed by atoms with van der Waals surface area (Å²) in [5.74, 6) is -0.349. The van der Waals surface area contributed by atoms with Crippen LogP contribution in [0.15, 0.2) is 66.0 Å². The molecule has 30 heavy (non-hydrogen) atoms. The van der Waals surface area contributed by atoms with Gasteiger partial charge in [0.05, 0.1) is 17.4 Å². The lowest BCUT2D eigenvalue weighted by Gasteiger charge is -2.30. The SMILES string of the molecule is CC(=O)C(CN(C)C)NN(C(=O)c1ccccc1)c1cc(-c2cccs2)ccc1N. The first-order valence-corrected chi connectivity index (χ1v) is 10.5. The number of nitrogens with one attached hydrogen (secondary N) is 1. The third-order valence-electron chi connectivity index (χ3n) is 4.62. The molecule has 3 aromatic rings. The molecule has 6 nitrogen and oxygen atoms in total. The number of ketones is 1. The first-order valence-electron chi connectivity index (χ1n) is 9.61. The van der Waals surface area contributed by atoms with Crippen LogP contribution in [0.1, 0.15) is 17.3 Å². The number of carbonyl (C=O) groups excluding carboxylic acids is 2. The molecular weight excluding hydrogens is 396 g/mol. The maximum absolute atomic E-state index is 13.4. The Bertz CT molecular complexity index is 1000. The van der Waals surface area contributed by atoms with E-state index in [1.165, 1.54) is 11.9 Å². The number of nitrogens with two attached hydrogens (primary N) is 1. The summed E-state index contributed by atoms with van der Waals surface area (Å²) in [4.78, 5) is 28.7. The maximum atomic E-state index is 13.4. The summed E-state index contributed by atoms with van der Waals surface area (Å²) in [6.07, 6.45) is 0. The largest absolute Gasteiger partial charge is 0.397 e. The van der Waals surface area contributed by atoms with E-state index in [-0.39, 0.29) is 11.7 Å². The summed E-state index contributed by atoms with van der Waals surface area (Å²) >= 11 is 1.61. The van der Waals surface area contributed by atoms with Crippen molar-refractivity contribution in [2.75, 3.05) is 31.4 Å². The number of anilines is 2. The van der Waals surface area contributed by atoms with E-state index in [2.05, 4.69) is 5.43 Å². The minimum atomic E-state index is -0.572. The van der Waals surface area contributed by atoms with Crippen LogP contribution in [0.3, 0.4) is 0 Å². The standard InChI is InChI=1S/C23H26N4O2S/c1-16(28)20(15-26(2)3)25-27(23(29)17-8-5-4-6-9-17)21-14-18(11-12-19(21)24)22-10-7-13-30-22/h4-14,20,25H,15,24H2,1-3H3. The monoisotopic (exact) mass is 422 g/mol. The van der Waals surface area contributed by atoms with E-state index in [1.807, 2.05) is 54.7 Å². The van der Waals surface area contributed by atoms with Gasteiger partial charge in [-0.25, -0.2) is 10.4 Å². The minimum Gasteiger partial charge on any atom is -0.397 e. The maximum Gasteiger partial charge on any atom is 0.272 e. The molecular formula is C23H26N4O2S. The third kappa shape index (κ3) is 5.13. The quantitative estimate of drug-likeness (QED) is 0.428. The van der Waals surface area contributed by atoms with Gasteiger partial charge in [-0.2, -0.15) is 0 Å². The number of thiophene rings is 1. The number of carbonyl (C=O) groups is 2. The highest BCUT2D eigenvalue weighted by atomic mass is 32.1. The Morgan fingerprint density at radius 2 is 1.80 bits per heavy atom. The van der Waals surface area contributed by atoms with Gasteiger partial charge in [0.2, 0.25) is 0 Å². The molecule has 0 spiro atoms. The van der Waals surface area contributed by atoms with E-state index in [0.29, 0.717) is 23.5 Å². The van der Waals surface area contributed by atoms with Crippen molar-refractivity contribution >= 4 is 34.4 Å². The number of benzene rings is 2. The number of hydrogen-bond acceptors (Lipinski definition) is 6. The van der Waals surface area contributed by atoms with Crippen molar-refractivity contribution in [2.24, 2.45) is 0 Å². The van der Waals surface area contributed by atoms with E-state index in [0.717, 1.165) is 10.4 Å². The minimum absolute atomic E-state index is 0.0671. The Kier molecular flexibility index (Phi) is 6.99. The molecule has 1 amide bonds. The average molecular weight is 423 g/mol. The van der Waals surface area contributed by atoms with Crippen molar-refractivity contribution in [3.63, 3.8) is 0 Å². The van der Waals surface area contributed by atoms with Crippen LogP contribution in [-0.4, -0.2) is 43.3 Å². The van der Waals surface area contributed by atoms with Gasteiger partial charge in [0.15, 0.2) is 0 Å². The summed E-state index contributed by atoms with van der Waals surface area (Å²) in [6.45, 7) is 1.95. The summed E-state index contributed by atoms with van der Waals surface area (Å²) < 4.78 is 0. The van der Waals surface area contributed by atoms with Gasteiger partial charge in [0, 0.05) is 17.0 Å². The van der Waals surface area contributed by atoms with Gasteiger partial charge in [-0.15, -0.1) is 11.3 Å². The molecule has 1 aromatic heterocycles. The van der Waals surface area contributed by atoms with Crippen LogP contribution < -0.4 is 16.2 Å². The summed E-state index contributed by atoms with van der Waals surface area (Å²) in [7, 11) is 3.76. The summed E-state index contributed by atoms with van der Waals surface area (Å²) in [5, 5.41) is 3.40. The molecule has 0 aliphatic rings. The Balaban J connectivity index is 2.06. The van der Waals surface area contributed by atoms with Gasteiger partial charge >= 0.3 is 0 Å². The Morgan fingerprint density at radius 3 is 2.40 bits per heavy atom. The lowest BCUT2D eigenvalue weighted by molar-refractivity contribution is -0.119. The van der Waals surface area contributed by atoms with E-state index < -0.39 is 6.04 Å². The molecule has 0 saturated heterocycles. The smallest absolute Gasteiger partial charge is 0.272 e. The van der Waals surface area contributed by atoms with Crippen molar-refractivity contribution in [3.05, 3.63) is 71.6 Å². The molecule has 2 aromatic carbocycles. The van der Waals surface area contributed by atoms with Gasteiger partial charge in [-0.1, -0.05) is 30.3 Å².